The van der Waals surface area contributed by atoms with Crippen LogP contribution in [0.2, 0.25) is 0 Å². The average Bonchev–Trinajstić information content (AvgIpc) is 2.78. The molecule has 0 bridgehead atoms. The van der Waals surface area contributed by atoms with Crippen molar-refractivity contribution >= 4 is 5.97 Å². The Morgan fingerprint density at radius 3 is 2.34 bits per heavy atom. The molecule has 174 valence electrons. The number of esters is 1. The first-order chi connectivity index (χ1) is 15.1. The number of rotatable bonds is 5. The van der Waals surface area contributed by atoms with E-state index in [1.807, 2.05) is 0 Å². The molecular formula is C21H21F3O8. The molecule has 0 saturated carbocycles. The molecule has 1 saturated heterocycles. The molecule has 8 nitrogen and oxygen atoms in total. The van der Waals surface area contributed by atoms with E-state index in [1.54, 1.807) is 0 Å². The quantitative estimate of drug-likeness (QED) is 0.495. The largest absolute Gasteiger partial charge is 0.465 e. The van der Waals surface area contributed by atoms with Gasteiger partial charge in [0.25, 0.3) is 0 Å². The van der Waals surface area contributed by atoms with E-state index in [1.165, 1.54) is 37.4 Å². The van der Waals surface area contributed by atoms with Crippen LogP contribution in [0, 0.1) is 0 Å². The van der Waals surface area contributed by atoms with E-state index in [-0.39, 0.29) is 11.1 Å². The third-order valence-electron chi connectivity index (χ3n) is 4.99. The topological polar surface area (TPSA) is 126 Å². The van der Waals surface area contributed by atoms with Gasteiger partial charge in [0, 0.05) is 0 Å². The second-order valence-electron chi connectivity index (χ2n) is 7.10. The van der Waals surface area contributed by atoms with E-state index in [4.69, 9.17) is 9.47 Å². The van der Waals surface area contributed by atoms with E-state index in [0.717, 1.165) is 12.1 Å². The van der Waals surface area contributed by atoms with Gasteiger partial charge < -0.3 is 34.6 Å². The SMILES string of the molecule is COC(=O)c1cccc(-c2ccc(O[C@H]3O[C@H](CO)[C@@H](O)[C@H](O)[C@@H]3O)c(C(F)(F)F)c2)c1. The van der Waals surface area contributed by atoms with Gasteiger partial charge in [0.15, 0.2) is 0 Å². The van der Waals surface area contributed by atoms with Gasteiger partial charge >= 0.3 is 12.1 Å². The molecule has 2 aromatic rings. The lowest BCUT2D eigenvalue weighted by Gasteiger charge is -2.39. The van der Waals surface area contributed by atoms with Gasteiger partial charge in [-0.05, 0) is 35.4 Å². The number of ether oxygens (including phenoxy) is 3. The number of benzene rings is 2. The molecule has 11 heteroatoms. The lowest BCUT2D eigenvalue weighted by Crippen LogP contribution is -2.60. The summed E-state index contributed by atoms with van der Waals surface area (Å²) in [4.78, 5) is 11.7. The van der Waals surface area contributed by atoms with Crippen LogP contribution in [0.1, 0.15) is 15.9 Å². The second-order valence-corrected chi connectivity index (χ2v) is 7.10. The van der Waals surface area contributed by atoms with Crippen molar-refractivity contribution < 1.29 is 52.6 Å². The lowest BCUT2D eigenvalue weighted by molar-refractivity contribution is -0.278. The summed E-state index contributed by atoms with van der Waals surface area (Å²) in [6.45, 7) is -0.758. The summed E-state index contributed by atoms with van der Waals surface area (Å²) in [5.41, 5.74) is -0.599. The number of hydrogen-bond donors (Lipinski definition) is 4. The Kier molecular flexibility index (Phi) is 7.06. The summed E-state index contributed by atoms with van der Waals surface area (Å²) in [6, 6.07) is 8.95. The average molecular weight is 458 g/mol. The van der Waals surface area contributed by atoms with Crippen LogP contribution in [0.5, 0.6) is 5.75 Å². The predicted octanol–water partition coefficient (Wildman–Crippen LogP) is 1.34. The molecule has 3 rings (SSSR count). The molecule has 1 aliphatic heterocycles. The maximum Gasteiger partial charge on any atom is 0.419 e. The maximum atomic E-state index is 13.8. The van der Waals surface area contributed by atoms with E-state index in [9.17, 15) is 38.4 Å². The highest BCUT2D eigenvalue weighted by Gasteiger charge is 2.45. The van der Waals surface area contributed by atoms with Crippen molar-refractivity contribution in [2.24, 2.45) is 0 Å². The molecule has 0 amide bonds. The van der Waals surface area contributed by atoms with E-state index >= 15 is 0 Å². The lowest BCUT2D eigenvalue weighted by atomic mass is 9.99. The van der Waals surface area contributed by atoms with Gasteiger partial charge in [-0.1, -0.05) is 18.2 Å². The fraction of sp³-hybridized carbons (Fsp3) is 0.381. The van der Waals surface area contributed by atoms with Crippen molar-refractivity contribution in [1.82, 2.24) is 0 Å². The first-order valence-corrected chi connectivity index (χ1v) is 9.44. The highest BCUT2D eigenvalue weighted by molar-refractivity contribution is 5.91. The van der Waals surface area contributed by atoms with Crippen LogP contribution in [-0.2, 0) is 15.7 Å². The summed E-state index contributed by atoms with van der Waals surface area (Å²) >= 11 is 0. The zero-order valence-electron chi connectivity index (χ0n) is 16.7. The number of carbonyl (C=O) groups excluding carboxylic acids is 1. The first-order valence-electron chi connectivity index (χ1n) is 9.44. The van der Waals surface area contributed by atoms with Crippen molar-refractivity contribution in [2.45, 2.75) is 36.9 Å². The first kappa shape index (κ1) is 24.0. The second kappa shape index (κ2) is 9.43. The molecule has 0 unspecified atom stereocenters. The normalized spacial score (nSPS) is 25.9. The molecule has 1 fully saturated rings. The fourth-order valence-electron chi connectivity index (χ4n) is 3.27. The van der Waals surface area contributed by atoms with Gasteiger partial charge in [0.05, 0.1) is 24.8 Å². The summed E-state index contributed by atoms with van der Waals surface area (Å²) in [6.07, 6.45) is -13.3. The molecule has 1 heterocycles. The Morgan fingerprint density at radius 1 is 1.03 bits per heavy atom. The molecule has 0 aromatic heterocycles. The minimum atomic E-state index is -4.86. The number of methoxy groups -OCH3 is 1. The van der Waals surface area contributed by atoms with Crippen molar-refractivity contribution in [3.63, 3.8) is 0 Å². The Balaban J connectivity index is 1.96. The van der Waals surface area contributed by atoms with Crippen LogP contribution >= 0.6 is 0 Å². The van der Waals surface area contributed by atoms with E-state index in [2.05, 4.69) is 4.74 Å². The molecule has 32 heavy (non-hydrogen) atoms. The minimum absolute atomic E-state index is 0.129. The van der Waals surface area contributed by atoms with E-state index < -0.39 is 60.8 Å². The zero-order chi connectivity index (χ0) is 23.6. The standard InChI is InChI=1S/C21H21F3O8/c1-30-19(29)12-4-2-3-10(7-12)11-5-6-14(13(8-11)21(22,23)24)31-20-18(28)17(27)16(26)15(9-25)32-20/h2-8,15-18,20,25-28H,9H2,1H3/t15-,16-,17+,18+,20+/m1/s1. The Labute approximate surface area is 180 Å². The number of carbonyl (C=O) groups is 1. The summed E-state index contributed by atoms with van der Waals surface area (Å²) in [7, 11) is 1.18. The van der Waals surface area contributed by atoms with Crippen LogP contribution < -0.4 is 4.74 Å². The highest BCUT2D eigenvalue weighted by Crippen LogP contribution is 2.40. The molecule has 1 aliphatic rings. The number of aliphatic hydroxyl groups excluding tert-OH is 4. The maximum absolute atomic E-state index is 13.8. The van der Waals surface area contributed by atoms with Gasteiger partial charge in [-0.15, -0.1) is 0 Å². The van der Waals surface area contributed by atoms with Crippen molar-refractivity contribution in [3.8, 4) is 16.9 Å². The van der Waals surface area contributed by atoms with Gasteiger partial charge in [0.2, 0.25) is 6.29 Å². The molecule has 0 radical (unpaired) electrons. The Morgan fingerprint density at radius 2 is 1.72 bits per heavy atom. The third kappa shape index (κ3) is 4.87. The molecule has 4 N–H and O–H groups in total. The van der Waals surface area contributed by atoms with Crippen LogP contribution in [-0.4, -0.2) is 70.8 Å². The van der Waals surface area contributed by atoms with Gasteiger partial charge in [-0.2, -0.15) is 13.2 Å². The monoisotopic (exact) mass is 458 g/mol. The summed E-state index contributed by atoms with van der Waals surface area (Å²) in [5.74, 6) is -1.35. The summed E-state index contributed by atoms with van der Waals surface area (Å²) in [5, 5.41) is 38.9. The van der Waals surface area contributed by atoms with Crippen LogP contribution in [0.4, 0.5) is 13.2 Å². The van der Waals surface area contributed by atoms with Gasteiger partial charge in [0.1, 0.15) is 30.2 Å². The van der Waals surface area contributed by atoms with Crippen molar-refractivity contribution in [1.29, 1.82) is 0 Å². The van der Waals surface area contributed by atoms with Crippen LogP contribution in [0.25, 0.3) is 11.1 Å². The van der Waals surface area contributed by atoms with Gasteiger partial charge in [-0.25, -0.2) is 4.79 Å². The predicted molar refractivity (Wildman–Crippen MR) is 103 cm³/mol. The Bertz CT molecular complexity index is 962. The number of alkyl halides is 3. The van der Waals surface area contributed by atoms with E-state index in [0.29, 0.717) is 5.56 Å². The van der Waals surface area contributed by atoms with Crippen LogP contribution in [0.15, 0.2) is 42.5 Å². The number of aliphatic hydroxyl groups is 4. The van der Waals surface area contributed by atoms with Crippen molar-refractivity contribution in [3.05, 3.63) is 53.6 Å². The smallest absolute Gasteiger partial charge is 0.419 e. The molecular weight excluding hydrogens is 437 g/mol. The fourth-order valence-corrected chi connectivity index (χ4v) is 3.27. The zero-order valence-corrected chi connectivity index (χ0v) is 16.7. The third-order valence-corrected chi connectivity index (χ3v) is 4.99. The number of hydrogen-bond acceptors (Lipinski definition) is 8. The molecule has 0 aliphatic carbocycles. The minimum Gasteiger partial charge on any atom is -0.465 e. The van der Waals surface area contributed by atoms with Crippen LogP contribution in [0.3, 0.4) is 0 Å². The Hall–Kier alpha value is -2.70. The summed E-state index contributed by atoms with van der Waals surface area (Å²) < 4.78 is 56.2. The van der Waals surface area contributed by atoms with Gasteiger partial charge in [-0.3, -0.25) is 0 Å². The molecule has 5 atom stereocenters. The number of halogens is 3. The highest BCUT2D eigenvalue weighted by atomic mass is 19.4. The molecule has 0 spiro atoms. The molecule has 2 aromatic carbocycles. The van der Waals surface area contributed by atoms with Crippen molar-refractivity contribution in [2.75, 3.05) is 13.7 Å².